The molecular weight excluding hydrogens is 302 g/mol. The largest absolute Gasteiger partial charge is 0.508 e. The summed E-state index contributed by atoms with van der Waals surface area (Å²) in [7, 11) is 0. The molecule has 4 nitrogen and oxygen atoms in total. The molecule has 0 aliphatic heterocycles. The standard InChI is InChI=1S/C20H27NO3/c1-20(2,3)16-7-9-19(10-8-16)24-14-13-23-12-11-21-17-5-4-6-18(22)15-17/h4-10,15,21-22H,11-14H2,1-3H3. The smallest absolute Gasteiger partial charge is 0.119 e. The molecule has 0 spiro atoms. The number of ether oxygens (including phenoxy) is 2. The lowest BCUT2D eigenvalue weighted by atomic mass is 9.87. The number of phenols is 1. The van der Waals surface area contributed by atoms with Crippen LogP contribution in [0.3, 0.4) is 0 Å². The summed E-state index contributed by atoms with van der Waals surface area (Å²) in [5.41, 5.74) is 2.34. The maximum absolute atomic E-state index is 9.37. The molecule has 0 radical (unpaired) electrons. The van der Waals surface area contributed by atoms with Crippen molar-refractivity contribution in [1.29, 1.82) is 0 Å². The van der Waals surface area contributed by atoms with Crippen LogP contribution < -0.4 is 10.1 Å². The fourth-order valence-electron chi connectivity index (χ4n) is 2.26. The van der Waals surface area contributed by atoms with Gasteiger partial charge in [0.05, 0.1) is 13.2 Å². The number of rotatable bonds is 8. The highest BCUT2D eigenvalue weighted by atomic mass is 16.5. The fraction of sp³-hybridized carbons (Fsp3) is 0.400. The van der Waals surface area contributed by atoms with Crippen molar-refractivity contribution < 1.29 is 14.6 Å². The molecule has 0 saturated heterocycles. The predicted octanol–water partition coefficient (Wildman–Crippen LogP) is 4.20. The van der Waals surface area contributed by atoms with E-state index in [-0.39, 0.29) is 11.2 Å². The summed E-state index contributed by atoms with van der Waals surface area (Å²) >= 11 is 0. The van der Waals surface area contributed by atoms with Crippen molar-refractivity contribution >= 4 is 5.69 Å². The molecule has 0 atom stereocenters. The van der Waals surface area contributed by atoms with E-state index in [1.54, 1.807) is 18.2 Å². The zero-order valence-corrected chi connectivity index (χ0v) is 14.7. The topological polar surface area (TPSA) is 50.7 Å². The van der Waals surface area contributed by atoms with Gasteiger partial charge in [0.15, 0.2) is 0 Å². The van der Waals surface area contributed by atoms with E-state index >= 15 is 0 Å². The van der Waals surface area contributed by atoms with Gasteiger partial charge in [-0.05, 0) is 35.2 Å². The number of benzene rings is 2. The van der Waals surface area contributed by atoms with E-state index in [0.29, 0.717) is 26.4 Å². The van der Waals surface area contributed by atoms with E-state index in [2.05, 4.69) is 38.2 Å². The summed E-state index contributed by atoms with van der Waals surface area (Å²) in [4.78, 5) is 0. The summed E-state index contributed by atoms with van der Waals surface area (Å²) in [5, 5.41) is 12.6. The Hall–Kier alpha value is -2.20. The number of phenolic OH excluding ortho intramolecular Hbond substituents is 1. The van der Waals surface area contributed by atoms with Crippen LogP contribution in [-0.4, -0.2) is 31.5 Å². The predicted molar refractivity (Wildman–Crippen MR) is 98.1 cm³/mol. The van der Waals surface area contributed by atoms with Gasteiger partial charge in [0.2, 0.25) is 0 Å². The SMILES string of the molecule is CC(C)(C)c1ccc(OCCOCCNc2cccc(O)c2)cc1. The van der Waals surface area contributed by atoms with Gasteiger partial charge in [-0.25, -0.2) is 0 Å². The average molecular weight is 329 g/mol. The third kappa shape index (κ3) is 6.13. The molecule has 2 rings (SSSR count). The summed E-state index contributed by atoms with van der Waals surface area (Å²) < 4.78 is 11.2. The molecule has 0 heterocycles. The first kappa shape index (κ1) is 18.1. The molecule has 0 aliphatic rings. The summed E-state index contributed by atoms with van der Waals surface area (Å²) in [6.45, 7) is 8.93. The first-order valence-corrected chi connectivity index (χ1v) is 8.29. The first-order valence-electron chi connectivity index (χ1n) is 8.29. The van der Waals surface area contributed by atoms with E-state index in [1.165, 1.54) is 5.56 Å². The van der Waals surface area contributed by atoms with Crippen LogP contribution in [0, 0.1) is 0 Å². The Bertz CT molecular complexity index is 618. The molecule has 24 heavy (non-hydrogen) atoms. The molecule has 2 aromatic rings. The maximum atomic E-state index is 9.37. The number of hydrogen-bond donors (Lipinski definition) is 2. The van der Waals surface area contributed by atoms with Crippen LogP contribution in [0.4, 0.5) is 5.69 Å². The Balaban J connectivity index is 1.58. The number of nitrogens with one attached hydrogen (secondary N) is 1. The zero-order valence-electron chi connectivity index (χ0n) is 14.7. The second-order valence-electron chi connectivity index (χ2n) is 6.71. The highest BCUT2D eigenvalue weighted by Gasteiger charge is 2.12. The molecule has 4 heteroatoms. The lowest BCUT2D eigenvalue weighted by Crippen LogP contribution is -2.13. The first-order chi connectivity index (χ1) is 11.4. The van der Waals surface area contributed by atoms with E-state index in [0.717, 1.165) is 11.4 Å². The van der Waals surface area contributed by atoms with Crippen LogP contribution in [0.2, 0.25) is 0 Å². The Morgan fingerprint density at radius 3 is 2.38 bits per heavy atom. The van der Waals surface area contributed by atoms with Crippen LogP contribution in [0.25, 0.3) is 0 Å². The van der Waals surface area contributed by atoms with Gasteiger partial charge in [0.1, 0.15) is 18.1 Å². The molecule has 0 saturated carbocycles. The average Bonchev–Trinajstić information content (AvgIpc) is 2.53. The molecule has 2 aromatic carbocycles. The van der Waals surface area contributed by atoms with E-state index in [4.69, 9.17) is 9.47 Å². The minimum absolute atomic E-state index is 0.157. The molecule has 0 bridgehead atoms. The molecule has 2 N–H and O–H groups in total. The summed E-state index contributed by atoms with van der Waals surface area (Å²) in [5.74, 6) is 1.12. The van der Waals surface area contributed by atoms with Gasteiger partial charge in [-0.3, -0.25) is 0 Å². The van der Waals surface area contributed by atoms with Crippen LogP contribution in [0.5, 0.6) is 11.5 Å². The molecular formula is C20H27NO3. The molecule has 130 valence electrons. The maximum Gasteiger partial charge on any atom is 0.119 e. The van der Waals surface area contributed by atoms with Gasteiger partial charge in [0, 0.05) is 18.3 Å². The second kappa shape index (κ2) is 8.60. The van der Waals surface area contributed by atoms with Crippen LogP contribution in [0.1, 0.15) is 26.3 Å². The lowest BCUT2D eigenvalue weighted by Gasteiger charge is -2.19. The van der Waals surface area contributed by atoms with Gasteiger partial charge in [-0.1, -0.05) is 39.0 Å². The molecule has 0 amide bonds. The van der Waals surface area contributed by atoms with Gasteiger partial charge in [0.25, 0.3) is 0 Å². The molecule has 0 unspecified atom stereocenters. The summed E-state index contributed by atoms with van der Waals surface area (Å²) in [6, 6.07) is 15.3. The third-order valence-corrected chi connectivity index (χ3v) is 3.64. The van der Waals surface area contributed by atoms with E-state index < -0.39 is 0 Å². The van der Waals surface area contributed by atoms with Crippen molar-refractivity contribution in [3.63, 3.8) is 0 Å². The third-order valence-electron chi connectivity index (χ3n) is 3.64. The van der Waals surface area contributed by atoms with Crippen molar-refractivity contribution in [1.82, 2.24) is 0 Å². The molecule has 0 aliphatic carbocycles. The van der Waals surface area contributed by atoms with E-state index in [9.17, 15) is 5.11 Å². The monoisotopic (exact) mass is 329 g/mol. The Morgan fingerprint density at radius 2 is 1.71 bits per heavy atom. The zero-order chi connectivity index (χ0) is 17.4. The number of aromatic hydroxyl groups is 1. The second-order valence-corrected chi connectivity index (χ2v) is 6.71. The fourth-order valence-corrected chi connectivity index (χ4v) is 2.26. The van der Waals surface area contributed by atoms with Crippen molar-refractivity contribution in [2.75, 3.05) is 31.7 Å². The normalized spacial score (nSPS) is 11.3. The van der Waals surface area contributed by atoms with Gasteiger partial charge in [-0.15, -0.1) is 0 Å². The highest BCUT2D eigenvalue weighted by molar-refractivity contribution is 5.47. The Kier molecular flexibility index (Phi) is 6.50. The number of anilines is 1. The van der Waals surface area contributed by atoms with Crippen LogP contribution >= 0.6 is 0 Å². The van der Waals surface area contributed by atoms with Gasteiger partial charge in [-0.2, -0.15) is 0 Å². The Labute approximate surface area is 144 Å². The summed E-state index contributed by atoms with van der Waals surface area (Å²) in [6.07, 6.45) is 0. The van der Waals surface area contributed by atoms with Gasteiger partial charge < -0.3 is 19.9 Å². The minimum Gasteiger partial charge on any atom is -0.508 e. The highest BCUT2D eigenvalue weighted by Crippen LogP contribution is 2.24. The van der Waals surface area contributed by atoms with Crippen molar-refractivity contribution in [2.24, 2.45) is 0 Å². The number of hydrogen-bond acceptors (Lipinski definition) is 4. The molecule has 0 aromatic heterocycles. The quantitative estimate of drug-likeness (QED) is 0.713. The van der Waals surface area contributed by atoms with Crippen molar-refractivity contribution in [2.45, 2.75) is 26.2 Å². The van der Waals surface area contributed by atoms with E-state index in [1.807, 2.05) is 18.2 Å². The van der Waals surface area contributed by atoms with Crippen molar-refractivity contribution in [3.8, 4) is 11.5 Å². The van der Waals surface area contributed by atoms with Crippen LogP contribution in [0.15, 0.2) is 48.5 Å². The lowest BCUT2D eigenvalue weighted by molar-refractivity contribution is 0.107. The minimum atomic E-state index is 0.157. The van der Waals surface area contributed by atoms with Gasteiger partial charge >= 0.3 is 0 Å². The van der Waals surface area contributed by atoms with Crippen molar-refractivity contribution in [3.05, 3.63) is 54.1 Å². The Morgan fingerprint density at radius 1 is 0.958 bits per heavy atom. The molecule has 0 fully saturated rings. The van der Waals surface area contributed by atoms with Crippen LogP contribution in [-0.2, 0) is 10.2 Å².